The van der Waals surface area contributed by atoms with Gasteiger partial charge < -0.3 is 10.2 Å². The number of aryl methyl sites for hydroxylation is 1. The molecule has 0 aliphatic carbocycles. The molecule has 1 aliphatic rings. The van der Waals surface area contributed by atoms with Crippen molar-refractivity contribution in [2.75, 3.05) is 16.8 Å². The van der Waals surface area contributed by atoms with Crippen molar-refractivity contribution in [1.29, 1.82) is 0 Å². The van der Waals surface area contributed by atoms with E-state index in [-0.39, 0.29) is 22.6 Å². The van der Waals surface area contributed by atoms with E-state index >= 15 is 0 Å². The van der Waals surface area contributed by atoms with Crippen LogP contribution in [-0.2, 0) is 26.0 Å². The van der Waals surface area contributed by atoms with E-state index in [1.807, 2.05) is 45.9 Å². The third kappa shape index (κ3) is 5.62. The van der Waals surface area contributed by atoms with Gasteiger partial charge in [-0.15, -0.1) is 0 Å². The Balaban J connectivity index is 1.83. The van der Waals surface area contributed by atoms with Crippen molar-refractivity contribution in [2.45, 2.75) is 64.8 Å². The molecule has 2 amide bonds. The number of nitrogens with zero attached hydrogens (tertiary/aromatic N) is 1. The second-order valence-electron chi connectivity index (χ2n) is 8.98. The Hall–Kier alpha value is -2.71. The van der Waals surface area contributed by atoms with Gasteiger partial charge in [0.2, 0.25) is 21.8 Å². The van der Waals surface area contributed by atoms with Crippen molar-refractivity contribution < 1.29 is 18.0 Å². The lowest BCUT2D eigenvalue weighted by molar-refractivity contribution is -0.118. The van der Waals surface area contributed by atoms with E-state index < -0.39 is 16.1 Å². The van der Waals surface area contributed by atoms with Crippen LogP contribution in [0.5, 0.6) is 0 Å². The Morgan fingerprint density at radius 2 is 1.85 bits per heavy atom. The van der Waals surface area contributed by atoms with E-state index in [1.165, 1.54) is 6.07 Å². The zero-order valence-corrected chi connectivity index (χ0v) is 20.8. The standard InChI is InChI=1S/C25H33N3O4S/c1-6-24(29)28-13-12-19-15-20(10-11-23(19)28)33(31,32)27-22(14-16(2)3)25(30)26-21-9-7-8-17(4)18(21)5/h7-11,15-16,22,27H,6,12-14H2,1-5H3,(H,26,30)/t22-/m1/s1. The number of sulfonamides is 1. The summed E-state index contributed by atoms with van der Waals surface area (Å²) in [7, 11) is -3.94. The summed E-state index contributed by atoms with van der Waals surface area (Å²) in [6, 6.07) is 9.50. The maximum absolute atomic E-state index is 13.2. The second kappa shape index (κ2) is 10.1. The molecule has 1 aliphatic heterocycles. The number of carbonyl (C=O) groups excluding carboxylic acids is 2. The molecule has 2 aromatic carbocycles. The minimum absolute atomic E-state index is 0.0163. The molecule has 8 heteroatoms. The molecule has 0 saturated carbocycles. The highest BCUT2D eigenvalue weighted by atomic mass is 32.2. The molecular weight excluding hydrogens is 438 g/mol. The van der Waals surface area contributed by atoms with Crippen LogP contribution in [0, 0.1) is 19.8 Å². The lowest BCUT2D eigenvalue weighted by atomic mass is 10.0. The maximum atomic E-state index is 13.2. The summed E-state index contributed by atoms with van der Waals surface area (Å²) in [5, 5.41) is 2.89. The normalized spacial score (nSPS) is 14.3. The molecule has 0 unspecified atom stereocenters. The summed E-state index contributed by atoms with van der Waals surface area (Å²) in [5.41, 5.74) is 4.24. The third-order valence-corrected chi connectivity index (χ3v) is 7.51. The van der Waals surface area contributed by atoms with Crippen LogP contribution < -0.4 is 14.9 Å². The van der Waals surface area contributed by atoms with Crippen LogP contribution in [0.3, 0.4) is 0 Å². The van der Waals surface area contributed by atoms with Gasteiger partial charge in [-0.05, 0) is 73.6 Å². The lowest BCUT2D eigenvalue weighted by Gasteiger charge is -2.21. The first-order valence-electron chi connectivity index (χ1n) is 11.4. The summed E-state index contributed by atoms with van der Waals surface area (Å²) >= 11 is 0. The minimum Gasteiger partial charge on any atom is -0.324 e. The van der Waals surface area contributed by atoms with Gasteiger partial charge >= 0.3 is 0 Å². The number of nitrogens with one attached hydrogen (secondary N) is 2. The fourth-order valence-corrected chi connectivity index (χ4v) is 5.30. The predicted octanol–water partition coefficient (Wildman–Crippen LogP) is 3.93. The summed E-state index contributed by atoms with van der Waals surface area (Å²) in [5.74, 6) is -0.264. The average Bonchev–Trinajstić information content (AvgIpc) is 3.18. The van der Waals surface area contributed by atoms with E-state index in [1.54, 1.807) is 24.0 Å². The van der Waals surface area contributed by atoms with Crippen molar-refractivity contribution in [2.24, 2.45) is 5.92 Å². The van der Waals surface area contributed by atoms with Gasteiger partial charge in [0.15, 0.2) is 0 Å². The zero-order chi connectivity index (χ0) is 24.3. The first-order chi connectivity index (χ1) is 15.5. The van der Waals surface area contributed by atoms with Crippen molar-refractivity contribution in [3.05, 3.63) is 53.1 Å². The van der Waals surface area contributed by atoms with Crippen LogP contribution in [-0.4, -0.2) is 32.8 Å². The van der Waals surface area contributed by atoms with Gasteiger partial charge in [0.05, 0.1) is 4.90 Å². The Morgan fingerprint density at radius 1 is 1.12 bits per heavy atom. The molecule has 0 spiro atoms. The smallest absolute Gasteiger partial charge is 0.242 e. The highest BCUT2D eigenvalue weighted by Gasteiger charge is 2.29. The van der Waals surface area contributed by atoms with Gasteiger partial charge in [-0.2, -0.15) is 4.72 Å². The molecule has 0 bridgehead atoms. The van der Waals surface area contributed by atoms with Crippen LogP contribution in [0.2, 0.25) is 0 Å². The largest absolute Gasteiger partial charge is 0.324 e. The Bertz CT molecular complexity index is 1160. The van der Waals surface area contributed by atoms with Crippen molar-refractivity contribution in [1.82, 2.24) is 4.72 Å². The first-order valence-corrected chi connectivity index (χ1v) is 12.8. The summed E-state index contributed by atoms with van der Waals surface area (Å²) in [6.45, 7) is 10.1. The Kier molecular flexibility index (Phi) is 7.59. The van der Waals surface area contributed by atoms with Crippen LogP contribution >= 0.6 is 0 Å². The molecule has 1 atom stereocenters. The maximum Gasteiger partial charge on any atom is 0.242 e. The number of carbonyl (C=O) groups is 2. The second-order valence-corrected chi connectivity index (χ2v) is 10.7. The van der Waals surface area contributed by atoms with Crippen LogP contribution in [0.25, 0.3) is 0 Å². The van der Waals surface area contributed by atoms with Crippen molar-refractivity contribution in [3.8, 4) is 0 Å². The Labute approximate surface area is 196 Å². The van der Waals surface area contributed by atoms with E-state index in [0.29, 0.717) is 31.5 Å². The third-order valence-electron chi connectivity index (χ3n) is 6.04. The predicted molar refractivity (Wildman–Crippen MR) is 131 cm³/mol. The molecule has 178 valence electrons. The molecular formula is C25H33N3O4S. The average molecular weight is 472 g/mol. The molecule has 0 radical (unpaired) electrons. The number of hydrogen-bond acceptors (Lipinski definition) is 4. The van der Waals surface area contributed by atoms with Crippen molar-refractivity contribution in [3.63, 3.8) is 0 Å². The molecule has 7 nitrogen and oxygen atoms in total. The lowest BCUT2D eigenvalue weighted by Crippen LogP contribution is -2.44. The number of hydrogen-bond donors (Lipinski definition) is 2. The van der Waals surface area contributed by atoms with Gasteiger partial charge in [0.25, 0.3) is 0 Å². The molecule has 2 aromatic rings. The molecule has 0 saturated heterocycles. The summed E-state index contributed by atoms with van der Waals surface area (Å²) in [4.78, 5) is 27.0. The SMILES string of the molecule is CCC(=O)N1CCc2cc(S(=O)(=O)N[C@H](CC(C)C)C(=O)Nc3cccc(C)c3C)ccc21. The molecule has 33 heavy (non-hydrogen) atoms. The summed E-state index contributed by atoms with van der Waals surface area (Å²) in [6.07, 6.45) is 1.36. The number of fused-ring (bicyclic) bond motifs is 1. The van der Waals surface area contributed by atoms with Crippen LogP contribution in [0.15, 0.2) is 41.3 Å². The fraction of sp³-hybridized carbons (Fsp3) is 0.440. The van der Waals surface area contributed by atoms with E-state index in [9.17, 15) is 18.0 Å². The molecule has 3 rings (SSSR count). The van der Waals surface area contributed by atoms with E-state index in [4.69, 9.17) is 0 Å². The number of rotatable bonds is 8. The number of anilines is 2. The number of amides is 2. The quantitative estimate of drug-likeness (QED) is 0.610. The van der Waals surface area contributed by atoms with Gasteiger partial charge in [-0.3, -0.25) is 9.59 Å². The van der Waals surface area contributed by atoms with Gasteiger partial charge in [0.1, 0.15) is 6.04 Å². The van der Waals surface area contributed by atoms with Gasteiger partial charge in [-0.1, -0.05) is 32.9 Å². The van der Waals surface area contributed by atoms with Gasteiger partial charge in [-0.25, -0.2) is 8.42 Å². The minimum atomic E-state index is -3.94. The Morgan fingerprint density at radius 3 is 2.52 bits per heavy atom. The van der Waals surface area contributed by atoms with E-state index in [2.05, 4.69) is 10.0 Å². The fourth-order valence-electron chi connectivity index (χ4n) is 4.04. The van der Waals surface area contributed by atoms with Gasteiger partial charge in [0, 0.05) is 24.3 Å². The van der Waals surface area contributed by atoms with Crippen LogP contribution in [0.4, 0.5) is 11.4 Å². The van der Waals surface area contributed by atoms with Crippen LogP contribution in [0.1, 0.15) is 50.3 Å². The van der Waals surface area contributed by atoms with E-state index in [0.717, 1.165) is 22.4 Å². The molecule has 1 heterocycles. The molecule has 0 aromatic heterocycles. The zero-order valence-electron chi connectivity index (χ0n) is 19.9. The topological polar surface area (TPSA) is 95.6 Å². The summed E-state index contributed by atoms with van der Waals surface area (Å²) < 4.78 is 29.0. The highest BCUT2D eigenvalue weighted by Crippen LogP contribution is 2.31. The first kappa shape index (κ1) is 24.9. The molecule has 0 fully saturated rings. The number of benzene rings is 2. The highest BCUT2D eigenvalue weighted by molar-refractivity contribution is 7.89. The monoisotopic (exact) mass is 471 g/mol. The van der Waals surface area contributed by atoms with Crippen molar-refractivity contribution >= 4 is 33.2 Å². The molecule has 2 N–H and O–H groups in total.